The Bertz CT molecular complexity index is 1670. The third-order valence-electron chi connectivity index (χ3n) is 11.2. The average molecular weight is 1020 g/mol. The molecule has 0 rings (SSSR count). The van der Waals surface area contributed by atoms with Gasteiger partial charge in [-0.1, -0.05) is 205 Å². The fraction of sp³-hybridized carbons (Fsp3) is 0.613. The molecule has 0 amide bonds. The van der Waals surface area contributed by atoms with Crippen molar-refractivity contribution in [1.82, 2.24) is 0 Å². The van der Waals surface area contributed by atoms with Crippen LogP contribution in [0, 0.1) is 0 Å². The highest BCUT2D eigenvalue weighted by atomic mass is 31.2. The van der Waals surface area contributed by atoms with Gasteiger partial charge in [-0.3, -0.25) is 14.2 Å². The van der Waals surface area contributed by atoms with Gasteiger partial charge in [0, 0.05) is 12.8 Å². The quantitative estimate of drug-likeness (QED) is 0.0195. The molecule has 0 N–H and O–H groups in total. The average Bonchev–Trinajstić information content (AvgIpc) is 3.34. The van der Waals surface area contributed by atoms with Crippen LogP contribution in [0.5, 0.6) is 0 Å². The fourth-order valence-electron chi connectivity index (χ4n) is 6.92. The van der Waals surface area contributed by atoms with E-state index in [4.69, 9.17) is 18.5 Å². The van der Waals surface area contributed by atoms with Gasteiger partial charge in [-0.05, 0) is 109 Å². The van der Waals surface area contributed by atoms with Gasteiger partial charge in [0.25, 0.3) is 7.82 Å². The maximum atomic E-state index is 12.8. The van der Waals surface area contributed by atoms with E-state index in [1.54, 1.807) is 0 Å². The maximum Gasteiger partial charge on any atom is 0.306 e. The molecule has 0 bridgehead atoms. The number of esters is 2. The van der Waals surface area contributed by atoms with Gasteiger partial charge >= 0.3 is 11.9 Å². The molecule has 0 fully saturated rings. The van der Waals surface area contributed by atoms with Gasteiger partial charge in [-0.15, -0.1) is 0 Å². The minimum absolute atomic E-state index is 0.0439. The summed E-state index contributed by atoms with van der Waals surface area (Å²) in [5.41, 5.74) is 0. The second-order valence-electron chi connectivity index (χ2n) is 19.2. The fourth-order valence-corrected chi connectivity index (χ4v) is 7.65. The Morgan fingerprint density at radius 3 is 1.11 bits per heavy atom. The SMILES string of the molecule is CC/C=C\C/C=C\C/C=C\C/C=C\C/C=C\C/C=C\C/C=C\CCCCCCCCCC(=O)OC(COC(=O)CCCCCCCC/C=C\C/C=C\C/C=C\C/C=C\CC)COP(=O)([O-])OCC[N+](C)(C)C. The highest BCUT2D eigenvalue weighted by molar-refractivity contribution is 7.45. The summed E-state index contributed by atoms with van der Waals surface area (Å²) in [5, 5.41) is 0. The summed E-state index contributed by atoms with van der Waals surface area (Å²) in [4.78, 5) is 37.8. The highest BCUT2D eigenvalue weighted by Gasteiger charge is 2.21. The lowest BCUT2D eigenvalue weighted by molar-refractivity contribution is -0.870. The molecule has 0 heterocycles. The molecule has 0 aromatic heterocycles. The van der Waals surface area contributed by atoms with Gasteiger partial charge in [0.2, 0.25) is 0 Å². The van der Waals surface area contributed by atoms with Crippen LogP contribution < -0.4 is 4.89 Å². The molecule has 0 spiro atoms. The molecule has 2 unspecified atom stereocenters. The monoisotopic (exact) mass is 1020 g/mol. The number of hydrogen-bond donors (Lipinski definition) is 0. The summed E-state index contributed by atoms with van der Waals surface area (Å²) < 4.78 is 34.1. The molecule has 0 aliphatic carbocycles. The Morgan fingerprint density at radius 2 is 0.750 bits per heavy atom. The summed E-state index contributed by atoms with van der Waals surface area (Å²) in [6.07, 6.45) is 74.8. The lowest BCUT2D eigenvalue weighted by Gasteiger charge is -2.28. The first-order valence-electron chi connectivity index (χ1n) is 27.9. The van der Waals surface area contributed by atoms with E-state index in [2.05, 4.69) is 148 Å². The third-order valence-corrected chi connectivity index (χ3v) is 12.1. The molecule has 408 valence electrons. The number of phosphoric ester groups is 1. The van der Waals surface area contributed by atoms with Crippen molar-refractivity contribution in [2.24, 2.45) is 0 Å². The van der Waals surface area contributed by atoms with Gasteiger partial charge < -0.3 is 27.9 Å². The molecule has 0 radical (unpaired) electrons. The predicted molar refractivity (Wildman–Crippen MR) is 304 cm³/mol. The van der Waals surface area contributed by atoms with Gasteiger partial charge in [0.15, 0.2) is 6.10 Å². The molecular weight excluding hydrogens is 918 g/mol. The van der Waals surface area contributed by atoms with Crippen molar-refractivity contribution >= 4 is 19.8 Å². The predicted octanol–water partition coefficient (Wildman–Crippen LogP) is 16.7. The number of quaternary nitrogens is 1. The van der Waals surface area contributed by atoms with E-state index in [0.29, 0.717) is 23.9 Å². The number of unbranched alkanes of at least 4 members (excludes halogenated alkanes) is 13. The first kappa shape index (κ1) is 68.2. The van der Waals surface area contributed by atoms with Crippen molar-refractivity contribution in [2.75, 3.05) is 47.5 Å². The summed E-state index contributed by atoms with van der Waals surface area (Å²) in [7, 11) is 1.13. The zero-order valence-corrected chi connectivity index (χ0v) is 47.0. The van der Waals surface area contributed by atoms with E-state index in [0.717, 1.165) is 141 Å². The van der Waals surface area contributed by atoms with E-state index in [-0.39, 0.29) is 26.1 Å². The van der Waals surface area contributed by atoms with Crippen molar-refractivity contribution in [3.05, 3.63) is 134 Å². The molecule has 0 aliphatic heterocycles. The number of allylic oxidation sites excluding steroid dienone is 22. The van der Waals surface area contributed by atoms with Crippen LogP contribution in [-0.2, 0) is 32.7 Å². The molecule has 2 atom stereocenters. The largest absolute Gasteiger partial charge is 0.756 e. The zero-order chi connectivity index (χ0) is 52.7. The Morgan fingerprint density at radius 1 is 0.431 bits per heavy atom. The summed E-state index contributed by atoms with van der Waals surface area (Å²) in [5.74, 6) is -0.874. The standard InChI is InChI=1S/C62H102NO8P/c1-6-8-10-12-14-16-18-20-22-24-26-27-28-29-30-31-32-33-34-35-37-39-41-43-45-47-49-51-53-55-62(65)71-60(59-70-72(66,67)69-57-56-63(3,4)5)58-68-61(64)54-52-50-48-46-44-42-40-38-36-25-23-21-19-17-15-13-11-9-7-2/h8-11,14-17,20-23,26-27,29-30,32-33,35-38,60H,6-7,12-13,18-19,24-25,28,31,34,39-59H2,1-5H3/b10-8-,11-9-,16-14-,17-15-,22-20-,23-21-,27-26-,30-29-,33-32-,37-35-,38-36-. The lowest BCUT2D eigenvalue weighted by Crippen LogP contribution is -2.37. The smallest absolute Gasteiger partial charge is 0.306 e. The van der Waals surface area contributed by atoms with Crippen molar-refractivity contribution in [3.63, 3.8) is 0 Å². The molecule has 0 aromatic carbocycles. The van der Waals surface area contributed by atoms with Crippen molar-refractivity contribution in [3.8, 4) is 0 Å². The van der Waals surface area contributed by atoms with Crippen molar-refractivity contribution in [2.45, 2.75) is 200 Å². The van der Waals surface area contributed by atoms with Gasteiger partial charge in [0.05, 0.1) is 27.7 Å². The number of hydrogen-bond acceptors (Lipinski definition) is 8. The molecule has 9 nitrogen and oxygen atoms in total. The second-order valence-corrected chi connectivity index (χ2v) is 20.6. The normalized spacial score (nSPS) is 14.4. The number of rotatable bonds is 49. The number of phosphoric acid groups is 1. The van der Waals surface area contributed by atoms with Crippen molar-refractivity contribution < 1.29 is 42.1 Å². The Labute approximate surface area is 441 Å². The van der Waals surface area contributed by atoms with Gasteiger partial charge in [0.1, 0.15) is 19.8 Å². The van der Waals surface area contributed by atoms with E-state index >= 15 is 0 Å². The van der Waals surface area contributed by atoms with E-state index in [1.807, 2.05) is 21.1 Å². The number of likely N-dealkylation sites (N-methyl/N-ethyl adjacent to an activating group) is 1. The summed E-state index contributed by atoms with van der Waals surface area (Å²) in [6.45, 7) is 3.96. The van der Waals surface area contributed by atoms with Crippen LogP contribution in [0.15, 0.2) is 134 Å². The molecule has 10 heteroatoms. The summed E-state index contributed by atoms with van der Waals surface area (Å²) in [6, 6.07) is 0. The third kappa shape index (κ3) is 55.5. The van der Waals surface area contributed by atoms with Crippen LogP contribution in [0.3, 0.4) is 0 Å². The Hall–Kier alpha value is -3.85. The molecule has 0 saturated carbocycles. The minimum atomic E-state index is -4.65. The number of ether oxygens (including phenoxy) is 2. The highest BCUT2D eigenvalue weighted by Crippen LogP contribution is 2.38. The minimum Gasteiger partial charge on any atom is -0.756 e. The van der Waals surface area contributed by atoms with Crippen LogP contribution >= 0.6 is 7.82 Å². The Balaban J connectivity index is 4.28. The molecule has 72 heavy (non-hydrogen) atoms. The van der Waals surface area contributed by atoms with Crippen LogP contribution in [0.25, 0.3) is 0 Å². The number of carbonyl (C=O) groups is 2. The first-order chi connectivity index (χ1) is 35.0. The Kier molecular flexibility index (Phi) is 49.2. The lowest BCUT2D eigenvalue weighted by atomic mass is 10.1. The van der Waals surface area contributed by atoms with Crippen LogP contribution in [0.4, 0.5) is 0 Å². The van der Waals surface area contributed by atoms with Crippen molar-refractivity contribution in [1.29, 1.82) is 0 Å². The topological polar surface area (TPSA) is 111 Å². The molecule has 0 saturated heterocycles. The summed E-state index contributed by atoms with van der Waals surface area (Å²) >= 11 is 0. The van der Waals surface area contributed by atoms with Crippen LogP contribution in [0.2, 0.25) is 0 Å². The van der Waals surface area contributed by atoms with Gasteiger partial charge in [-0.2, -0.15) is 0 Å². The van der Waals surface area contributed by atoms with Crippen LogP contribution in [-0.4, -0.2) is 70.0 Å². The first-order valence-corrected chi connectivity index (χ1v) is 29.4. The molecule has 0 aliphatic rings. The van der Waals surface area contributed by atoms with Gasteiger partial charge in [-0.25, -0.2) is 0 Å². The maximum absolute atomic E-state index is 12.8. The van der Waals surface area contributed by atoms with E-state index in [1.165, 1.54) is 12.8 Å². The van der Waals surface area contributed by atoms with Crippen LogP contribution in [0.1, 0.15) is 194 Å². The second kappa shape index (κ2) is 52.0. The van der Waals surface area contributed by atoms with E-state index < -0.39 is 32.5 Å². The molecule has 0 aromatic rings. The number of carbonyl (C=O) groups excluding carboxylic acids is 2. The zero-order valence-electron chi connectivity index (χ0n) is 46.1. The molecular formula is C62H102NO8P. The number of nitrogens with zero attached hydrogens (tertiary/aromatic N) is 1. The van der Waals surface area contributed by atoms with E-state index in [9.17, 15) is 19.0 Å².